The number of carbonyl (C=O) groups excluding carboxylic acids is 2. The van der Waals surface area contributed by atoms with Gasteiger partial charge in [-0.1, -0.05) is 24.3 Å². The number of Topliss-reactive ketones (excluding diaryl/α,β-unsaturated/α-hetero) is 1. The van der Waals surface area contributed by atoms with Crippen LogP contribution in [0.15, 0.2) is 48.5 Å². The molecule has 0 unspecified atom stereocenters. The van der Waals surface area contributed by atoms with Crippen molar-refractivity contribution in [3.05, 3.63) is 93.6 Å². The number of rotatable bonds is 6. The minimum Gasteiger partial charge on any atom is -0.454 e. The summed E-state index contributed by atoms with van der Waals surface area (Å²) in [6.45, 7) is 7.77. The minimum absolute atomic E-state index is 0.248. The summed E-state index contributed by atoms with van der Waals surface area (Å²) in [5.74, 6) is -1.03. The maximum atomic E-state index is 13.1. The molecule has 0 bridgehead atoms. The second kappa shape index (κ2) is 8.43. The molecule has 0 radical (unpaired) electrons. The van der Waals surface area contributed by atoms with Crippen LogP contribution in [0.4, 0.5) is 4.39 Å². The second-order valence-electron chi connectivity index (χ2n) is 7.24. The van der Waals surface area contributed by atoms with E-state index in [1.807, 2.05) is 38.3 Å². The molecular weight excluding hydrogens is 369 g/mol. The molecule has 0 aliphatic carbocycles. The van der Waals surface area contributed by atoms with Gasteiger partial charge in [0.05, 0.1) is 5.56 Å². The molecule has 29 heavy (non-hydrogen) atoms. The lowest BCUT2D eigenvalue weighted by Gasteiger charge is -2.11. The first kappa shape index (κ1) is 20.5. The Bertz CT molecular complexity index is 1060. The Kier molecular flexibility index (Phi) is 5.97. The van der Waals surface area contributed by atoms with E-state index < -0.39 is 5.97 Å². The molecular formula is C24H24FNO3. The first-order valence-electron chi connectivity index (χ1n) is 9.45. The van der Waals surface area contributed by atoms with Crippen molar-refractivity contribution in [1.29, 1.82) is 0 Å². The maximum Gasteiger partial charge on any atom is 0.338 e. The van der Waals surface area contributed by atoms with Crippen LogP contribution in [-0.4, -0.2) is 22.9 Å². The molecule has 150 valence electrons. The quantitative estimate of drug-likeness (QED) is 0.440. The fraction of sp³-hybridized carbons (Fsp3) is 0.250. The summed E-state index contributed by atoms with van der Waals surface area (Å²) < 4.78 is 20.4. The van der Waals surface area contributed by atoms with Gasteiger partial charge in [-0.2, -0.15) is 0 Å². The monoisotopic (exact) mass is 393 g/mol. The molecule has 1 aromatic heterocycles. The molecule has 0 N–H and O–H groups in total. The summed E-state index contributed by atoms with van der Waals surface area (Å²) >= 11 is 0. The summed E-state index contributed by atoms with van der Waals surface area (Å²) in [6.07, 6.45) is 0. The highest BCUT2D eigenvalue weighted by molar-refractivity contribution is 6.00. The van der Waals surface area contributed by atoms with Gasteiger partial charge in [-0.05, 0) is 68.7 Å². The van der Waals surface area contributed by atoms with Crippen LogP contribution in [0.25, 0.3) is 0 Å². The highest BCUT2D eigenvalue weighted by atomic mass is 19.1. The average molecular weight is 393 g/mol. The molecule has 0 aliphatic heterocycles. The van der Waals surface area contributed by atoms with Gasteiger partial charge in [0.1, 0.15) is 5.82 Å². The van der Waals surface area contributed by atoms with Crippen LogP contribution in [0.3, 0.4) is 0 Å². The van der Waals surface area contributed by atoms with E-state index >= 15 is 0 Å². The van der Waals surface area contributed by atoms with Gasteiger partial charge in [-0.15, -0.1) is 0 Å². The van der Waals surface area contributed by atoms with E-state index in [1.165, 1.54) is 12.1 Å². The SMILES string of the molecule is Cc1cccc(C(=O)OCC(=O)c2cc(C)n(Cc3ccc(F)cc3)c2C)c1C. The van der Waals surface area contributed by atoms with Gasteiger partial charge in [-0.3, -0.25) is 4.79 Å². The normalized spacial score (nSPS) is 10.8. The lowest BCUT2D eigenvalue weighted by molar-refractivity contribution is 0.0473. The van der Waals surface area contributed by atoms with Crippen molar-refractivity contribution in [1.82, 2.24) is 4.57 Å². The molecule has 0 fully saturated rings. The largest absolute Gasteiger partial charge is 0.454 e. The molecule has 1 heterocycles. The highest BCUT2D eigenvalue weighted by Crippen LogP contribution is 2.19. The fourth-order valence-corrected chi connectivity index (χ4v) is 3.36. The molecule has 3 rings (SSSR count). The molecule has 0 saturated carbocycles. The molecule has 0 amide bonds. The van der Waals surface area contributed by atoms with Crippen molar-refractivity contribution >= 4 is 11.8 Å². The van der Waals surface area contributed by atoms with Crippen LogP contribution in [0.5, 0.6) is 0 Å². The third-order valence-electron chi connectivity index (χ3n) is 5.29. The maximum absolute atomic E-state index is 13.1. The lowest BCUT2D eigenvalue weighted by atomic mass is 10.0. The molecule has 0 atom stereocenters. The Labute approximate surface area is 169 Å². The number of ether oxygens (including phenoxy) is 1. The second-order valence-corrected chi connectivity index (χ2v) is 7.24. The van der Waals surface area contributed by atoms with Crippen LogP contribution < -0.4 is 0 Å². The van der Waals surface area contributed by atoms with Crippen molar-refractivity contribution in [3.8, 4) is 0 Å². The van der Waals surface area contributed by atoms with Gasteiger partial charge in [0, 0.05) is 23.5 Å². The van der Waals surface area contributed by atoms with E-state index in [4.69, 9.17) is 4.74 Å². The summed E-state index contributed by atoms with van der Waals surface area (Å²) in [7, 11) is 0. The van der Waals surface area contributed by atoms with E-state index in [1.54, 1.807) is 30.3 Å². The number of halogens is 1. The Morgan fingerprint density at radius 3 is 2.34 bits per heavy atom. The smallest absolute Gasteiger partial charge is 0.338 e. The molecule has 2 aromatic carbocycles. The van der Waals surface area contributed by atoms with Crippen LogP contribution >= 0.6 is 0 Å². The topological polar surface area (TPSA) is 48.3 Å². The van der Waals surface area contributed by atoms with E-state index in [0.29, 0.717) is 17.7 Å². The van der Waals surface area contributed by atoms with Gasteiger partial charge in [0.15, 0.2) is 6.61 Å². The Morgan fingerprint density at radius 2 is 1.66 bits per heavy atom. The van der Waals surface area contributed by atoms with Crippen molar-refractivity contribution in [2.24, 2.45) is 0 Å². The van der Waals surface area contributed by atoms with E-state index in [9.17, 15) is 14.0 Å². The minimum atomic E-state index is -0.500. The van der Waals surface area contributed by atoms with Gasteiger partial charge in [0.2, 0.25) is 5.78 Å². The number of nitrogens with zero attached hydrogens (tertiary/aromatic N) is 1. The number of hydrogen-bond acceptors (Lipinski definition) is 3. The third-order valence-corrected chi connectivity index (χ3v) is 5.29. The van der Waals surface area contributed by atoms with Crippen molar-refractivity contribution in [2.45, 2.75) is 34.2 Å². The van der Waals surface area contributed by atoms with Crippen molar-refractivity contribution < 1.29 is 18.7 Å². The number of hydrogen-bond donors (Lipinski definition) is 0. The van der Waals surface area contributed by atoms with E-state index in [0.717, 1.165) is 28.1 Å². The molecule has 0 saturated heterocycles. The Hall–Kier alpha value is -3.21. The first-order valence-corrected chi connectivity index (χ1v) is 9.45. The van der Waals surface area contributed by atoms with Crippen LogP contribution in [-0.2, 0) is 11.3 Å². The molecule has 0 spiro atoms. The zero-order valence-corrected chi connectivity index (χ0v) is 17.1. The lowest BCUT2D eigenvalue weighted by Crippen LogP contribution is -2.16. The van der Waals surface area contributed by atoms with E-state index in [-0.39, 0.29) is 18.2 Å². The van der Waals surface area contributed by atoms with Crippen LogP contribution in [0.2, 0.25) is 0 Å². The average Bonchev–Trinajstić information content (AvgIpc) is 2.98. The standard InChI is InChI=1S/C24H24FNO3/c1-15-6-5-7-21(17(15)3)24(28)29-14-23(27)22-12-16(2)26(18(22)4)13-19-8-10-20(25)11-9-19/h5-12H,13-14H2,1-4H3. The number of benzene rings is 2. The fourth-order valence-electron chi connectivity index (χ4n) is 3.36. The van der Waals surface area contributed by atoms with Crippen molar-refractivity contribution in [3.63, 3.8) is 0 Å². The summed E-state index contributed by atoms with van der Waals surface area (Å²) in [5, 5.41) is 0. The highest BCUT2D eigenvalue weighted by Gasteiger charge is 2.19. The molecule has 5 heteroatoms. The Balaban J connectivity index is 1.72. The number of ketones is 1. The summed E-state index contributed by atoms with van der Waals surface area (Å²) in [6, 6.07) is 13.5. The van der Waals surface area contributed by atoms with Crippen LogP contribution in [0, 0.1) is 33.5 Å². The molecule has 0 aliphatic rings. The van der Waals surface area contributed by atoms with Gasteiger partial charge in [0.25, 0.3) is 0 Å². The van der Waals surface area contributed by atoms with Crippen LogP contribution in [0.1, 0.15) is 48.8 Å². The number of esters is 1. The van der Waals surface area contributed by atoms with Gasteiger partial charge < -0.3 is 9.30 Å². The first-order chi connectivity index (χ1) is 13.8. The zero-order valence-electron chi connectivity index (χ0n) is 17.1. The Morgan fingerprint density at radius 1 is 0.966 bits per heavy atom. The number of carbonyl (C=O) groups is 2. The molecule has 4 nitrogen and oxygen atoms in total. The summed E-state index contributed by atoms with van der Waals surface area (Å²) in [4.78, 5) is 25.0. The van der Waals surface area contributed by atoms with E-state index in [2.05, 4.69) is 0 Å². The zero-order chi connectivity index (χ0) is 21.1. The third kappa shape index (κ3) is 4.45. The molecule has 3 aromatic rings. The van der Waals surface area contributed by atoms with Crippen molar-refractivity contribution in [2.75, 3.05) is 6.61 Å². The van der Waals surface area contributed by atoms with Gasteiger partial charge >= 0.3 is 5.97 Å². The predicted molar refractivity (Wildman–Crippen MR) is 110 cm³/mol. The summed E-state index contributed by atoms with van der Waals surface area (Å²) in [5.41, 5.74) is 5.49. The number of aryl methyl sites for hydroxylation is 2. The number of aromatic nitrogens is 1. The van der Waals surface area contributed by atoms with Gasteiger partial charge in [-0.25, -0.2) is 9.18 Å². The predicted octanol–water partition coefficient (Wildman–Crippen LogP) is 4.95.